The summed E-state index contributed by atoms with van der Waals surface area (Å²) in [5.41, 5.74) is 1.05. The predicted octanol–water partition coefficient (Wildman–Crippen LogP) is 2.54. The lowest BCUT2D eigenvalue weighted by atomic mass is 10.2. The van der Waals surface area contributed by atoms with Crippen LogP contribution in [0.25, 0.3) is 0 Å². The molecule has 2 N–H and O–H groups in total. The minimum absolute atomic E-state index is 0.0343. The molecule has 0 spiro atoms. The first-order chi connectivity index (χ1) is 15.6. The number of allylic oxidation sites excluding steroid dienone is 4. The number of hydrogen-bond donors (Lipinski definition) is 2. The zero-order chi connectivity index (χ0) is 24.6. The van der Waals surface area contributed by atoms with Crippen molar-refractivity contribution in [2.75, 3.05) is 17.5 Å². The van der Waals surface area contributed by atoms with Crippen molar-refractivity contribution in [3.8, 4) is 5.75 Å². The van der Waals surface area contributed by atoms with Crippen LogP contribution in [0.15, 0.2) is 71.1 Å². The number of carbonyl (C=O) groups is 1. The molecule has 2 rings (SSSR count). The standard InChI is InChI=1S/C23H28N4O5S/c1-6-17(13-12-16(2)3)15-33(30,31)26-23-25-19(21(28)24-4)20(22(29)27(23)5)32-14-18-10-8-7-9-11-18/h6-13H,2,14-15H2,1,3-5H3,(H,24,28)(H,25,26). The minimum Gasteiger partial charge on any atom is -0.481 e. The highest BCUT2D eigenvalue weighted by atomic mass is 32.2. The number of sulfonamides is 1. The number of ether oxygens (including phenoxy) is 1. The average molecular weight is 473 g/mol. The van der Waals surface area contributed by atoms with Crippen LogP contribution in [0.1, 0.15) is 29.9 Å². The Kier molecular flexibility index (Phi) is 8.75. The van der Waals surface area contributed by atoms with Gasteiger partial charge in [0.25, 0.3) is 11.5 Å². The molecular weight excluding hydrogens is 444 g/mol. The zero-order valence-electron chi connectivity index (χ0n) is 19.1. The quantitative estimate of drug-likeness (QED) is 0.513. The van der Waals surface area contributed by atoms with Crippen LogP contribution in [0.4, 0.5) is 5.95 Å². The molecule has 1 amide bonds. The SMILES string of the molecule is C=C(C)C=CC(=CC)CS(=O)(=O)Nc1nc(C(=O)NC)c(OCc2ccccc2)c(=O)n1C. The monoisotopic (exact) mass is 472 g/mol. The van der Waals surface area contributed by atoms with Gasteiger partial charge in [-0.15, -0.1) is 0 Å². The Hall–Kier alpha value is -3.66. The highest BCUT2D eigenvalue weighted by molar-refractivity contribution is 7.92. The Bertz CT molecular complexity index is 1250. The molecular formula is C23H28N4O5S. The molecule has 33 heavy (non-hydrogen) atoms. The lowest BCUT2D eigenvalue weighted by Gasteiger charge is -2.15. The van der Waals surface area contributed by atoms with Crippen molar-refractivity contribution < 1.29 is 17.9 Å². The van der Waals surface area contributed by atoms with Crippen LogP contribution >= 0.6 is 0 Å². The summed E-state index contributed by atoms with van der Waals surface area (Å²) in [6.07, 6.45) is 4.99. The summed E-state index contributed by atoms with van der Waals surface area (Å²) in [7, 11) is -1.23. The lowest BCUT2D eigenvalue weighted by molar-refractivity contribution is 0.0952. The molecule has 2 aromatic rings. The van der Waals surface area contributed by atoms with Gasteiger partial charge in [-0.1, -0.05) is 60.7 Å². The molecule has 0 aliphatic rings. The zero-order valence-corrected chi connectivity index (χ0v) is 19.9. The van der Waals surface area contributed by atoms with Gasteiger partial charge in [0.1, 0.15) is 6.61 Å². The Morgan fingerprint density at radius 3 is 2.48 bits per heavy atom. The summed E-state index contributed by atoms with van der Waals surface area (Å²) in [5, 5.41) is 2.39. The Labute approximate surface area is 193 Å². The lowest BCUT2D eigenvalue weighted by Crippen LogP contribution is -2.32. The fourth-order valence-corrected chi connectivity index (χ4v) is 3.91. The minimum atomic E-state index is -3.94. The van der Waals surface area contributed by atoms with E-state index in [1.54, 1.807) is 44.2 Å². The first-order valence-corrected chi connectivity index (χ1v) is 11.7. The smallest absolute Gasteiger partial charge is 0.297 e. The molecule has 10 heteroatoms. The molecule has 0 fully saturated rings. The van der Waals surface area contributed by atoms with Crippen molar-refractivity contribution in [1.82, 2.24) is 14.9 Å². The third kappa shape index (κ3) is 7.18. The van der Waals surface area contributed by atoms with Crippen LogP contribution in [0.5, 0.6) is 5.75 Å². The third-order valence-electron chi connectivity index (χ3n) is 4.47. The number of hydrogen-bond acceptors (Lipinski definition) is 6. The second kappa shape index (κ2) is 11.3. The highest BCUT2D eigenvalue weighted by Crippen LogP contribution is 2.17. The maximum Gasteiger partial charge on any atom is 0.297 e. The summed E-state index contributed by atoms with van der Waals surface area (Å²) in [6, 6.07) is 9.09. The van der Waals surface area contributed by atoms with E-state index in [9.17, 15) is 18.0 Å². The second-order valence-corrected chi connectivity index (χ2v) is 8.96. The van der Waals surface area contributed by atoms with Gasteiger partial charge in [-0.2, -0.15) is 0 Å². The number of nitrogens with one attached hydrogen (secondary N) is 2. The number of nitrogens with zero attached hydrogens (tertiary/aromatic N) is 2. The van der Waals surface area contributed by atoms with Gasteiger partial charge in [-0.3, -0.25) is 18.9 Å². The van der Waals surface area contributed by atoms with Gasteiger partial charge in [0.2, 0.25) is 21.7 Å². The Balaban J connectivity index is 2.40. The molecule has 1 heterocycles. The van der Waals surface area contributed by atoms with E-state index in [4.69, 9.17) is 4.74 Å². The van der Waals surface area contributed by atoms with Crippen LogP contribution in [0.2, 0.25) is 0 Å². The predicted molar refractivity (Wildman–Crippen MR) is 129 cm³/mol. The third-order valence-corrected chi connectivity index (χ3v) is 5.68. The normalized spacial score (nSPS) is 11.9. The van der Waals surface area contributed by atoms with Gasteiger partial charge in [0, 0.05) is 14.1 Å². The van der Waals surface area contributed by atoms with Crippen LogP contribution in [-0.4, -0.2) is 36.7 Å². The van der Waals surface area contributed by atoms with E-state index in [0.29, 0.717) is 5.57 Å². The van der Waals surface area contributed by atoms with E-state index in [2.05, 4.69) is 21.6 Å². The molecule has 0 saturated heterocycles. The van der Waals surface area contributed by atoms with E-state index >= 15 is 0 Å². The van der Waals surface area contributed by atoms with E-state index in [-0.39, 0.29) is 29.8 Å². The van der Waals surface area contributed by atoms with E-state index in [1.807, 2.05) is 18.2 Å². The Morgan fingerprint density at radius 1 is 1.24 bits per heavy atom. The van der Waals surface area contributed by atoms with Gasteiger partial charge >= 0.3 is 0 Å². The molecule has 0 aliphatic carbocycles. The van der Waals surface area contributed by atoms with Crippen LogP contribution in [0, 0.1) is 0 Å². The molecule has 0 unspecified atom stereocenters. The first kappa shape index (κ1) is 25.6. The van der Waals surface area contributed by atoms with Gasteiger partial charge in [-0.25, -0.2) is 13.4 Å². The maximum atomic E-state index is 12.9. The van der Waals surface area contributed by atoms with Crippen LogP contribution in [0.3, 0.4) is 0 Å². The van der Waals surface area contributed by atoms with E-state index in [0.717, 1.165) is 15.7 Å². The van der Waals surface area contributed by atoms with E-state index in [1.165, 1.54) is 14.1 Å². The van der Waals surface area contributed by atoms with Crippen LogP contribution in [-0.2, 0) is 23.7 Å². The van der Waals surface area contributed by atoms with Gasteiger partial charge in [-0.05, 0) is 25.0 Å². The Morgan fingerprint density at radius 2 is 1.91 bits per heavy atom. The van der Waals surface area contributed by atoms with Gasteiger partial charge in [0.05, 0.1) is 5.75 Å². The molecule has 0 saturated carbocycles. The summed E-state index contributed by atoms with van der Waals surface area (Å²) < 4.78 is 34.4. The summed E-state index contributed by atoms with van der Waals surface area (Å²) in [4.78, 5) is 29.4. The second-order valence-electron chi connectivity index (χ2n) is 7.24. The number of rotatable bonds is 10. The summed E-state index contributed by atoms with van der Waals surface area (Å²) >= 11 is 0. The first-order valence-electron chi connectivity index (χ1n) is 10.1. The van der Waals surface area contributed by atoms with E-state index < -0.39 is 21.5 Å². The van der Waals surface area contributed by atoms with Crippen LogP contribution < -0.4 is 20.3 Å². The largest absolute Gasteiger partial charge is 0.481 e. The molecule has 9 nitrogen and oxygen atoms in total. The number of carbonyl (C=O) groups excluding carboxylic acids is 1. The maximum absolute atomic E-state index is 12.9. The van der Waals surface area contributed by atoms with Crippen molar-refractivity contribution in [3.05, 3.63) is 87.9 Å². The highest BCUT2D eigenvalue weighted by Gasteiger charge is 2.24. The van der Waals surface area contributed by atoms with Gasteiger partial charge < -0.3 is 10.1 Å². The van der Waals surface area contributed by atoms with Crippen molar-refractivity contribution in [3.63, 3.8) is 0 Å². The molecule has 176 valence electrons. The number of benzene rings is 1. The van der Waals surface area contributed by atoms with Gasteiger partial charge in [0.15, 0.2) is 5.69 Å². The fourth-order valence-electron chi connectivity index (χ4n) is 2.68. The topological polar surface area (TPSA) is 119 Å². The summed E-state index contributed by atoms with van der Waals surface area (Å²) in [5.74, 6) is -1.62. The number of amides is 1. The number of anilines is 1. The molecule has 0 bridgehead atoms. The van der Waals surface area contributed by atoms with Crippen molar-refractivity contribution in [2.45, 2.75) is 20.5 Å². The summed E-state index contributed by atoms with van der Waals surface area (Å²) in [6.45, 7) is 7.28. The molecule has 0 aliphatic heterocycles. The molecule has 0 atom stereocenters. The molecule has 1 aromatic heterocycles. The van der Waals surface area contributed by atoms with Crippen molar-refractivity contribution in [1.29, 1.82) is 0 Å². The number of aromatic nitrogens is 2. The fraction of sp³-hybridized carbons (Fsp3) is 0.261. The van der Waals surface area contributed by atoms with Crippen molar-refractivity contribution >= 4 is 21.9 Å². The average Bonchev–Trinajstić information content (AvgIpc) is 2.78. The molecule has 0 radical (unpaired) electrons. The molecule has 1 aromatic carbocycles. The van der Waals surface area contributed by atoms with Crippen molar-refractivity contribution in [2.24, 2.45) is 7.05 Å².